The SMILES string of the molecule is NC(=O)Oc1ncn2c1[C@@H]1CCN1C(=O)c1sccc1-2. The molecule has 0 aliphatic carbocycles. The van der Waals surface area contributed by atoms with Crippen LogP contribution >= 0.6 is 11.3 Å². The highest BCUT2D eigenvalue weighted by atomic mass is 32.1. The molecular formula is C12H10N4O3S. The number of thiophene rings is 1. The molecule has 2 aromatic heterocycles. The highest BCUT2D eigenvalue weighted by Gasteiger charge is 2.42. The fourth-order valence-corrected chi connectivity index (χ4v) is 3.55. The topological polar surface area (TPSA) is 90.5 Å². The van der Waals surface area contributed by atoms with Crippen LogP contribution in [0.5, 0.6) is 5.88 Å². The van der Waals surface area contributed by atoms with Gasteiger partial charge in [0.2, 0.25) is 5.88 Å². The van der Waals surface area contributed by atoms with Crippen molar-refractivity contribution in [3.05, 3.63) is 28.3 Å². The van der Waals surface area contributed by atoms with E-state index in [1.165, 1.54) is 11.3 Å². The van der Waals surface area contributed by atoms with Gasteiger partial charge in [-0.2, -0.15) is 0 Å². The zero-order chi connectivity index (χ0) is 13.9. The molecule has 0 aromatic carbocycles. The number of fused-ring (bicyclic) bond motifs is 5. The van der Waals surface area contributed by atoms with Crippen molar-refractivity contribution in [1.82, 2.24) is 14.5 Å². The maximum atomic E-state index is 12.4. The Hall–Kier alpha value is -2.35. The quantitative estimate of drug-likeness (QED) is 0.856. The number of hydrogen-bond donors (Lipinski definition) is 1. The molecule has 4 heterocycles. The molecule has 7 nitrogen and oxygen atoms in total. The van der Waals surface area contributed by atoms with E-state index in [-0.39, 0.29) is 17.8 Å². The van der Waals surface area contributed by atoms with Gasteiger partial charge in [-0.05, 0) is 17.9 Å². The van der Waals surface area contributed by atoms with Crippen molar-refractivity contribution < 1.29 is 14.3 Å². The highest BCUT2D eigenvalue weighted by molar-refractivity contribution is 7.12. The molecule has 2 N–H and O–H groups in total. The lowest BCUT2D eigenvalue weighted by Gasteiger charge is -2.39. The van der Waals surface area contributed by atoms with Crippen LogP contribution in [0.4, 0.5) is 4.79 Å². The van der Waals surface area contributed by atoms with Crippen molar-refractivity contribution in [1.29, 1.82) is 0 Å². The summed E-state index contributed by atoms with van der Waals surface area (Å²) < 4.78 is 6.77. The molecule has 0 bridgehead atoms. The fraction of sp³-hybridized carbons (Fsp3) is 0.250. The van der Waals surface area contributed by atoms with Crippen LogP contribution in [0.25, 0.3) is 5.69 Å². The van der Waals surface area contributed by atoms with E-state index < -0.39 is 6.09 Å². The van der Waals surface area contributed by atoms with E-state index in [2.05, 4.69) is 4.98 Å². The van der Waals surface area contributed by atoms with Gasteiger partial charge in [-0.15, -0.1) is 11.3 Å². The Balaban J connectivity index is 1.94. The standard InChI is InChI=1S/C12H10N4O3S/c13-12(18)19-10-8-6-1-3-15(6)11(17)9-7(2-4-20-9)16(8)5-14-10/h2,4-6H,1,3H2,(H2,13,18)/t6-/m0/s1. The first-order valence-electron chi connectivity index (χ1n) is 6.10. The average Bonchev–Trinajstić information content (AvgIpc) is 2.93. The van der Waals surface area contributed by atoms with Crippen LogP contribution in [0.3, 0.4) is 0 Å². The summed E-state index contributed by atoms with van der Waals surface area (Å²) in [5.41, 5.74) is 6.55. The third-order valence-corrected chi connectivity index (χ3v) is 4.55. The molecule has 2 aliphatic heterocycles. The Morgan fingerprint density at radius 1 is 1.55 bits per heavy atom. The second-order valence-corrected chi connectivity index (χ2v) is 5.58. The van der Waals surface area contributed by atoms with Crippen LogP contribution in [-0.2, 0) is 0 Å². The zero-order valence-electron chi connectivity index (χ0n) is 10.3. The van der Waals surface area contributed by atoms with Crippen LogP contribution in [0, 0.1) is 0 Å². The second kappa shape index (κ2) is 3.83. The van der Waals surface area contributed by atoms with Gasteiger partial charge in [0.15, 0.2) is 0 Å². The molecule has 1 atom stereocenters. The third-order valence-electron chi connectivity index (χ3n) is 3.66. The van der Waals surface area contributed by atoms with Gasteiger partial charge < -0.3 is 15.4 Å². The van der Waals surface area contributed by atoms with Crippen molar-refractivity contribution in [3.8, 4) is 11.6 Å². The summed E-state index contributed by atoms with van der Waals surface area (Å²) in [6.45, 7) is 0.696. The number of ether oxygens (including phenoxy) is 1. The zero-order valence-corrected chi connectivity index (χ0v) is 11.1. The van der Waals surface area contributed by atoms with E-state index in [1.54, 1.807) is 11.2 Å². The van der Waals surface area contributed by atoms with Crippen LogP contribution in [0.15, 0.2) is 17.8 Å². The fourth-order valence-electron chi connectivity index (χ4n) is 2.71. The molecule has 2 amide bonds. The molecule has 1 saturated heterocycles. The smallest absolute Gasteiger partial charge is 0.389 e. The Kier molecular flexibility index (Phi) is 2.19. The van der Waals surface area contributed by atoms with E-state index in [9.17, 15) is 9.59 Å². The van der Waals surface area contributed by atoms with Crippen molar-refractivity contribution in [2.45, 2.75) is 12.5 Å². The number of nitrogens with zero attached hydrogens (tertiary/aromatic N) is 3. The first-order chi connectivity index (χ1) is 9.66. The lowest BCUT2D eigenvalue weighted by Crippen LogP contribution is -2.44. The molecule has 1 fully saturated rings. The number of aromatic nitrogens is 2. The van der Waals surface area contributed by atoms with Crippen molar-refractivity contribution in [2.75, 3.05) is 6.54 Å². The van der Waals surface area contributed by atoms with Gasteiger partial charge in [0.25, 0.3) is 5.91 Å². The average molecular weight is 290 g/mol. The molecule has 0 spiro atoms. The van der Waals surface area contributed by atoms with Crippen molar-refractivity contribution in [3.63, 3.8) is 0 Å². The lowest BCUT2D eigenvalue weighted by molar-refractivity contribution is 0.0460. The minimum atomic E-state index is -0.904. The number of primary amides is 1. The minimum absolute atomic E-state index is 0.0139. The Bertz CT molecular complexity index is 735. The summed E-state index contributed by atoms with van der Waals surface area (Å²) in [7, 11) is 0. The molecule has 0 unspecified atom stereocenters. The number of nitrogens with two attached hydrogens (primary N) is 1. The van der Waals surface area contributed by atoms with Crippen LogP contribution in [0.2, 0.25) is 0 Å². The molecular weight excluding hydrogens is 280 g/mol. The number of rotatable bonds is 1. The molecule has 4 rings (SSSR count). The van der Waals surface area contributed by atoms with E-state index >= 15 is 0 Å². The van der Waals surface area contributed by atoms with Gasteiger partial charge in [0.05, 0.1) is 11.7 Å². The van der Waals surface area contributed by atoms with Crippen LogP contribution in [0.1, 0.15) is 27.8 Å². The largest absolute Gasteiger partial charge is 0.411 e. The summed E-state index contributed by atoms with van der Waals surface area (Å²) in [6.07, 6.45) is 1.48. The van der Waals surface area contributed by atoms with E-state index in [4.69, 9.17) is 10.5 Å². The molecule has 0 saturated carbocycles. The predicted molar refractivity (Wildman–Crippen MR) is 70.0 cm³/mol. The Morgan fingerprint density at radius 2 is 2.40 bits per heavy atom. The predicted octanol–water partition coefficient (Wildman–Crippen LogP) is 1.29. The number of carbonyl (C=O) groups is 2. The summed E-state index contributed by atoms with van der Waals surface area (Å²) in [6, 6.07) is 1.75. The molecule has 102 valence electrons. The minimum Gasteiger partial charge on any atom is -0.389 e. The van der Waals surface area contributed by atoms with Gasteiger partial charge in [-0.1, -0.05) is 0 Å². The first kappa shape index (κ1) is 11.5. The van der Waals surface area contributed by atoms with Crippen LogP contribution in [-0.4, -0.2) is 33.0 Å². The molecule has 2 aromatic rings. The van der Waals surface area contributed by atoms with E-state index in [0.717, 1.165) is 12.1 Å². The third kappa shape index (κ3) is 1.36. The van der Waals surface area contributed by atoms with E-state index in [1.807, 2.05) is 16.0 Å². The normalized spacial score (nSPS) is 19.5. The Morgan fingerprint density at radius 3 is 3.10 bits per heavy atom. The van der Waals surface area contributed by atoms with Gasteiger partial charge in [0.1, 0.15) is 16.9 Å². The number of amides is 2. The van der Waals surface area contributed by atoms with Gasteiger partial charge in [0, 0.05) is 6.54 Å². The monoisotopic (exact) mass is 290 g/mol. The summed E-state index contributed by atoms with van der Waals surface area (Å²) in [5.74, 6) is 0.194. The highest BCUT2D eigenvalue weighted by Crippen LogP contribution is 2.44. The molecule has 2 aliphatic rings. The first-order valence-corrected chi connectivity index (χ1v) is 6.98. The lowest BCUT2D eigenvalue weighted by atomic mass is 10.00. The summed E-state index contributed by atoms with van der Waals surface area (Å²) in [4.78, 5) is 30.0. The maximum absolute atomic E-state index is 12.4. The van der Waals surface area contributed by atoms with E-state index in [0.29, 0.717) is 17.1 Å². The summed E-state index contributed by atoms with van der Waals surface area (Å²) >= 11 is 1.40. The molecule has 0 radical (unpaired) electrons. The maximum Gasteiger partial charge on any atom is 0.411 e. The van der Waals surface area contributed by atoms with Crippen molar-refractivity contribution >= 4 is 23.3 Å². The van der Waals surface area contributed by atoms with Gasteiger partial charge >= 0.3 is 6.09 Å². The number of hydrogen-bond acceptors (Lipinski definition) is 5. The summed E-state index contributed by atoms with van der Waals surface area (Å²) in [5, 5.41) is 1.86. The number of imidazole rings is 1. The van der Waals surface area contributed by atoms with Gasteiger partial charge in [-0.3, -0.25) is 9.36 Å². The van der Waals surface area contributed by atoms with Crippen molar-refractivity contribution in [2.24, 2.45) is 5.73 Å². The van der Waals surface area contributed by atoms with Gasteiger partial charge in [-0.25, -0.2) is 9.78 Å². The number of carbonyl (C=O) groups excluding carboxylic acids is 2. The molecule has 8 heteroatoms. The Labute approximate surface area is 117 Å². The van der Waals surface area contributed by atoms with Crippen LogP contribution < -0.4 is 10.5 Å². The second-order valence-electron chi connectivity index (χ2n) is 4.66. The molecule has 20 heavy (non-hydrogen) atoms.